The molecule has 26 heavy (non-hydrogen) atoms. The van der Waals surface area contributed by atoms with Gasteiger partial charge in [-0.3, -0.25) is 0 Å². The zero-order valence-corrected chi connectivity index (χ0v) is 14.0. The van der Waals surface area contributed by atoms with Crippen molar-refractivity contribution in [3.8, 4) is 5.82 Å². The van der Waals surface area contributed by atoms with Gasteiger partial charge in [-0.05, 0) is 12.1 Å². The minimum Gasteiger partial charge on any atom is -0.353 e. The van der Waals surface area contributed by atoms with Crippen LogP contribution in [0, 0.1) is 0 Å². The normalized spacial score (nSPS) is 14.9. The van der Waals surface area contributed by atoms with Gasteiger partial charge < -0.3 is 9.80 Å². The number of hydrogen-bond acceptors (Lipinski definition) is 7. The Kier molecular flexibility index (Phi) is 3.48. The van der Waals surface area contributed by atoms with Gasteiger partial charge in [0.2, 0.25) is 0 Å². The first-order valence-electron chi connectivity index (χ1n) is 8.49. The minimum absolute atomic E-state index is 0.773. The molecule has 1 aliphatic heterocycles. The lowest BCUT2D eigenvalue weighted by molar-refractivity contribution is 0.640. The van der Waals surface area contributed by atoms with E-state index in [4.69, 9.17) is 0 Å². The molecule has 0 aliphatic carbocycles. The van der Waals surface area contributed by atoms with Crippen LogP contribution in [0.2, 0.25) is 0 Å². The zero-order valence-electron chi connectivity index (χ0n) is 14.0. The van der Waals surface area contributed by atoms with Gasteiger partial charge in [-0.1, -0.05) is 0 Å². The first kappa shape index (κ1) is 14.8. The van der Waals surface area contributed by atoms with E-state index in [-0.39, 0.29) is 0 Å². The third-order valence-electron chi connectivity index (χ3n) is 4.55. The summed E-state index contributed by atoms with van der Waals surface area (Å²) in [7, 11) is 0. The highest BCUT2D eigenvalue weighted by molar-refractivity contribution is 5.50. The summed E-state index contributed by atoms with van der Waals surface area (Å²) in [5.41, 5.74) is 0.865. The van der Waals surface area contributed by atoms with Gasteiger partial charge in [0.1, 0.15) is 18.0 Å². The summed E-state index contributed by atoms with van der Waals surface area (Å²) in [4.78, 5) is 18.0. The summed E-state index contributed by atoms with van der Waals surface area (Å²) in [5.74, 6) is 2.68. The maximum Gasteiger partial charge on any atom is 0.158 e. The van der Waals surface area contributed by atoms with Gasteiger partial charge in [-0.25, -0.2) is 24.1 Å². The monoisotopic (exact) mass is 347 g/mol. The third kappa shape index (κ3) is 2.63. The number of nitrogens with zero attached hydrogens (tertiary/aromatic N) is 9. The smallest absolute Gasteiger partial charge is 0.158 e. The lowest BCUT2D eigenvalue weighted by Crippen LogP contribution is -2.47. The number of aromatic nitrogens is 7. The summed E-state index contributed by atoms with van der Waals surface area (Å²) >= 11 is 0. The average Bonchev–Trinajstić information content (AvgIpc) is 3.39. The van der Waals surface area contributed by atoms with Gasteiger partial charge in [0.25, 0.3) is 0 Å². The maximum atomic E-state index is 4.68. The van der Waals surface area contributed by atoms with Crippen LogP contribution in [0.5, 0.6) is 0 Å². The Morgan fingerprint density at radius 3 is 2.38 bits per heavy atom. The highest BCUT2D eigenvalue weighted by Gasteiger charge is 2.20. The van der Waals surface area contributed by atoms with E-state index >= 15 is 0 Å². The molecule has 0 aromatic carbocycles. The van der Waals surface area contributed by atoms with Crippen LogP contribution < -0.4 is 9.80 Å². The molecule has 1 aliphatic rings. The second-order valence-electron chi connectivity index (χ2n) is 6.08. The van der Waals surface area contributed by atoms with Crippen molar-refractivity contribution in [1.82, 2.24) is 34.3 Å². The fourth-order valence-corrected chi connectivity index (χ4v) is 3.18. The molecule has 5 rings (SSSR count). The SMILES string of the molecule is c1cnn(-c2cc(N3CCN(c4ccn5nccc5n4)CC3)ncn2)c1. The molecule has 4 aromatic heterocycles. The molecule has 9 nitrogen and oxygen atoms in total. The van der Waals surface area contributed by atoms with E-state index in [1.807, 2.05) is 36.7 Å². The second-order valence-corrected chi connectivity index (χ2v) is 6.08. The lowest BCUT2D eigenvalue weighted by atomic mass is 10.3. The van der Waals surface area contributed by atoms with Crippen LogP contribution in [0.25, 0.3) is 11.5 Å². The van der Waals surface area contributed by atoms with Gasteiger partial charge in [0.15, 0.2) is 11.5 Å². The number of fused-ring (bicyclic) bond motifs is 1. The Hall–Kier alpha value is -3.49. The third-order valence-corrected chi connectivity index (χ3v) is 4.55. The molecule has 0 atom stereocenters. The molecule has 1 fully saturated rings. The van der Waals surface area contributed by atoms with Crippen LogP contribution >= 0.6 is 0 Å². The summed E-state index contributed by atoms with van der Waals surface area (Å²) in [6.45, 7) is 3.53. The fraction of sp³-hybridized carbons (Fsp3) is 0.235. The topological polar surface area (TPSA) is 80.3 Å². The molecule has 0 saturated carbocycles. The number of anilines is 2. The van der Waals surface area contributed by atoms with Crippen molar-refractivity contribution in [3.63, 3.8) is 0 Å². The molecule has 9 heteroatoms. The van der Waals surface area contributed by atoms with E-state index in [0.29, 0.717) is 0 Å². The predicted octanol–water partition coefficient (Wildman–Crippen LogP) is 1.03. The largest absolute Gasteiger partial charge is 0.353 e. The second kappa shape index (κ2) is 6.10. The van der Waals surface area contributed by atoms with E-state index in [2.05, 4.69) is 34.9 Å². The Balaban J connectivity index is 1.32. The molecule has 0 bridgehead atoms. The highest BCUT2D eigenvalue weighted by atomic mass is 15.3. The molecule has 0 amide bonds. The van der Waals surface area contributed by atoms with Gasteiger partial charge in [-0.15, -0.1) is 0 Å². The van der Waals surface area contributed by atoms with Crippen molar-refractivity contribution >= 4 is 17.3 Å². The summed E-state index contributed by atoms with van der Waals surface area (Å²) in [6, 6.07) is 7.78. The molecular weight excluding hydrogens is 330 g/mol. The van der Waals surface area contributed by atoms with E-state index in [0.717, 1.165) is 49.3 Å². The van der Waals surface area contributed by atoms with E-state index in [1.54, 1.807) is 27.9 Å². The van der Waals surface area contributed by atoms with E-state index < -0.39 is 0 Å². The lowest BCUT2D eigenvalue weighted by Gasteiger charge is -2.36. The minimum atomic E-state index is 0.773. The Morgan fingerprint density at radius 2 is 1.58 bits per heavy atom. The van der Waals surface area contributed by atoms with Gasteiger partial charge >= 0.3 is 0 Å². The molecule has 5 heterocycles. The van der Waals surface area contributed by atoms with Crippen LogP contribution in [0.15, 0.2) is 55.4 Å². The molecule has 130 valence electrons. The summed E-state index contributed by atoms with van der Waals surface area (Å²) in [6.07, 6.45) is 8.92. The van der Waals surface area contributed by atoms with Crippen molar-refractivity contribution in [3.05, 3.63) is 55.4 Å². The summed E-state index contributed by atoms with van der Waals surface area (Å²) < 4.78 is 3.52. The molecule has 4 aromatic rings. The van der Waals surface area contributed by atoms with Crippen molar-refractivity contribution in [2.24, 2.45) is 0 Å². The van der Waals surface area contributed by atoms with Gasteiger partial charge in [0, 0.05) is 56.9 Å². The van der Waals surface area contributed by atoms with Gasteiger partial charge in [-0.2, -0.15) is 10.2 Å². The Morgan fingerprint density at radius 1 is 0.769 bits per heavy atom. The molecule has 1 saturated heterocycles. The van der Waals surface area contributed by atoms with Crippen LogP contribution in [-0.4, -0.2) is 60.5 Å². The molecule has 0 radical (unpaired) electrons. The number of rotatable bonds is 3. The van der Waals surface area contributed by atoms with Crippen LogP contribution in [0.4, 0.5) is 11.6 Å². The molecule has 0 unspecified atom stereocenters. The Labute approximate surface area is 149 Å². The standard InChI is InChI=1S/C17H17N9/c1-4-20-25(6-1)17-12-16(18-13-19-17)24-10-8-23(9-11-24)14-3-7-26-15(22-14)2-5-21-26/h1-7,12-13H,8-11H2. The summed E-state index contributed by atoms with van der Waals surface area (Å²) in [5, 5.41) is 8.42. The van der Waals surface area contributed by atoms with E-state index in [9.17, 15) is 0 Å². The molecular formula is C17H17N9. The van der Waals surface area contributed by atoms with Crippen molar-refractivity contribution in [2.45, 2.75) is 0 Å². The first-order chi connectivity index (χ1) is 12.9. The van der Waals surface area contributed by atoms with Crippen LogP contribution in [-0.2, 0) is 0 Å². The quantitative estimate of drug-likeness (QED) is 0.547. The highest BCUT2D eigenvalue weighted by Crippen LogP contribution is 2.19. The zero-order chi connectivity index (χ0) is 17.3. The number of piperazine rings is 1. The Bertz CT molecular complexity index is 1020. The first-order valence-corrected chi connectivity index (χ1v) is 8.49. The maximum absolute atomic E-state index is 4.68. The van der Waals surface area contributed by atoms with Crippen molar-refractivity contribution in [1.29, 1.82) is 0 Å². The fourth-order valence-electron chi connectivity index (χ4n) is 3.18. The van der Waals surface area contributed by atoms with Crippen LogP contribution in [0.3, 0.4) is 0 Å². The molecule has 0 spiro atoms. The van der Waals surface area contributed by atoms with Crippen LogP contribution in [0.1, 0.15) is 0 Å². The van der Waals surface area contributed by atoms with Gasteiger partial charge in [0.05, 0.1) is 6.20 Å². The van der Waals surface area contributed by atoms with E-state index in [1.165, 1.54) is 0 Å². The number of hydrogen-bond donors (Lipinski definition) is 0. The predicted molar refractivity (Wildman–Crippen MR) is 96.6 cm³/mol. The van der Waals surface area contributed by atoms with Crippen molar-refractivity contribution in [2.75, 3.05) is 36.0 Å². The average molecular weight is 347 g/mol. The molecule has 0 N–H and O–H groups in total. The van der Waals surface area contributed by atoms with Crippen molar-refractivity contribution < 1.29 is 0 Å².